The van der Waals surface area contributed by atoms with Gasteiger partial charge in [-0.05, 0) is 37.3 Å². The first kappa shape index (κ1) is 19.0. The highest BCUT2D eigenvalue weighted by atomic mass is 32.1. The summed E-state index contributed by atoms with van der Waals surface area (Å²) in [6.45, 7) is 2.38. The van der Waals surface area contributed by atoms with Crippen molar-refractivity contribution in [3.63, 3.8) is 0 Å². The number of carboxylic acid groups (broad SMARTS) is 1. The van der Waals surface area contributed by atoms with Gasteiger partial charge < -0.3 is 10.4 Å². The number of unbranched alkanes of at least 4 members (excludes halogenated alkanes) is 2. The van der Waals surface area contributed by atoms with E-state index in [1.165, 1.54) is 0 Å². The smallest absolute Gasteiger partial charge is 0.303 e. The molecule has 8 heteroatoms. The van der Waals surface area contributed by atoms with Gasteiger partial charge in [0.15, 0.2) is 5.65 Å². The Bertz CT molecular complexity index is 963. The average molecular weight is 386 g/mol. The molecule has 3 aromatic rings. The van der Waals surface area contributed by atoms with E-state index in [4.69, 9.17) is 10.1 Å². The molecule has 0 spiro atoms. The van der Waals surface area contributed by atoms with Crippen LogP contribution in [-0.2, 0) is 11.8 Å². The predicted octanol–water partition coefficient (Wildman–Crippen LogP) is 3.38. The van der Waals surface area contributed by atoms with E-state index in [1.807, 2.05) is 37.6 Å². The molecule has 3 aromatic heterocycles. The second-order valence-corrected chi connectivity index (χ2v) is 7.35. The second kappa shape index (κ2) is 8.30. The molecule has 0 fully saturated rings. The number of nitrogens with zero attached hydrogens (tertiary/aromatic N) is 3. The van der Waals surface area contributed by atoms with E-state index in [1.54, 1.807) is 16.0 Å². The summed E-state index contributed by atoms with van der Waals surface area (Å²) in [6, 6.07) is 5.76. The van der Waals surface area contributed by atoms with Gasteiger partial charge in [0.05, 0.1) is 27.2 Å². The van der Waals surface area contributed by atoms with Crippen LogP contribution >= 0.6 is 11.3 Å². The quantitative estimate of drug-likeness (QED) is 0.579. The molecule has 1 amide bonds. The fraction of sp³-hybridized carbons (Fsp3) is 0.368. The summed E-state index contributed by atoms with van der Waals surface area (Å²) in [5, 5.41) is 18.8. The molecule has 3 rings (SSSR count). The zero-order valence-electron chi connectivity index (χ0n) is 15.4. The third kappa shape index (κ3) is 4.33. The number of fused-ring (bicyclic) bond motifs is 1. The van der Waals surface area contributed by atoms with E-state index in [9.17, 15) is 9.59 Å². The number of hydrogen-bond acceptors (Lipinski definition) is 5. The lowest BCUT2D eigenvalue weighted by Gasteiger charge is -2.08. The van der Waals surface area contributed by atoms with Crippen molar-refractivity contribution >= 4 is 34.2 Å². The van der Waals surface area contributed by atoms with E-state index >= 15 is 0 Å². The van der Waals surface area contributed by atoms with E-state index in [-0.39, 0.29) is 12.3 Å². The minimum atomic E-state index is -0.786. The van der Waals surface area contributed by atoms with Gasteiger partial charge in [-0.25, -0.2) is 4.98 Å². The highest BCUT2D eigenvalue weighted by Crippen LogP contribution is 2.29. The van der Waals surface area contributed by atoms with Gasteiger partial charge >= 0.3 is 5.97 Å². The lowest BCUT2D eigenvalue weighted by molar-refractivity contribution is -0.137. The number of pyridine rings is 1. The lowest BCUT2D eigenvalue weighted by Crippen LogP contribution is -2.25. The standard InChI is InChI=1S/C19H22N4O3S/c1-12-17-13(19(26)20-9-5-3-4-8-16(24)25)11-14(15-7-6-10-27-15)21-18(17)23(2)22-12/h6-7,10-11H,3-5,8-9H2,1-2H3,(H,20,26)(H,24,25). The summed E-state index contributed by atoms with van der Waals surface area (Å²) in [7, 11) is 1.82. The van der Waals surface area contributed by atoms with Crippen molar-refractivity contribution in [1.82, 2.24) is 20.1 Å². The minimum Gasteiger partial charge on any atom is -0.481 e. The molecule has 27 heavy (non-hydrogen) atoms. The van der Waals surface area contributed by atoms with Crippen molar-refractivity contribution in [2.45, 2.75) is 32.6 Å². The average Bonchev–Trinajstić information content (AvgIpc) is 3.26. The summed E-state index contributed by atoms with van der Waals surface area (Å²) < 4.78 is 1.70. The van der Waals surface area contributed by atoms with Gasteiger partial charge in [-0.2, -0.15) is 5.10 Å². The number of aliphatic carboxylic acids is 1. The summed E-state index contributed by atoms with van der Waals surface area (Å²) in [4.78, 5) is 29.0. The Morgan fingerprint density at radius 2 is 2.11 bits per heavy atom. The summed E-state index contributed by atoms with van der Waals surface area (Å²) in [5.74, 6) is -0.944. The third-order valence-corrected chi connectivity index (χ3v) is 5.23. The maximum absolute atomic E-state index is 12.8. The first-order valence-electron chi connectivity index (χ1n) is 8.85. The van der Waals surface area contributed by atoms with Crippen LogP contribution in [-0.4, -0.2) is 38.3 Å². The SMILES string of the molecule is Cc1nn(C)c2nc(-c3cccs3)cc(C(=O)NCCCCCC(=O)O)c12. The first-order chi connectivity index (χ1) is 13.0. The number of carboxylic acids is 1. The molecule has 0 bridgehead atoms. The molecule has 0 radical (unpaired) electrons. The van der Waals surface area contributed by atoms with Crippen molar-refractivity contribution in [2.75, 3.05) is 6.54 Å². The van der Waals surface area contributed by atoms with Gasteiger partial charge in [-0.3, -0.25) is 14.3 Å². The summed E-state index contributed by atoms with van der Waals surface area (Å²) >= 11 is 1.58. The molecule has 3 heterocycles. The van der Waals surface area contributed by atoms with Crippen LogP contribution in [0.15, 0.2) is 23.6 Å². The molecule has 0 aliphatic heterocycles. The molecule has 2 N–H and O–H groups in total. The van der Waals surface area contributed by atoms with E-state index in [2.05, 4.69) is 10.4 Å². The monoisotopic (exact) mass is 386 g/mol. The van der Waals surface area contributed by atoms with Crippen LogP contribution < -0.4 is 5.32 Å². The molecule has 0 saturated carbocycles. The Kier molecular flexibility index (Phi) is 5.85. The molecule has 142 valence electrons. The van der Waals surface area contributed by atoms with Gasteiger partial charge in [0.2, 0.25) is 0 Å². The molecular formula is C19H22N4O3S. The Morgan fingerprint density at radius 3 is 2.81 bits per heavy atom. The molecule has 7 nitrogen and oxygen atoms in total. The van der Waals surface area contributed by atoms with Crippen molar-refractivity contribution in [1.29, 1.82) is 0 Å². The molecule has 0 aliphatic rings. The molecular weight excluding hydrogens is 364 g/mol. The second-order valence-electron chi connectivity index (χ2n) is 6.40. The molecule has 0 aliphatic carbocycles. The van der Waals surface area contributed by atoms with Crippen LogP contribution in [0.25, 0.3) is 21.6 Å². The topological polar surface area (TPSA) is 97.1 Å². The summed E-state index contributed by atoms with van der Waals surface area (Å²) in [6.07, 6.45) is 2.30. The highest BCUT2D eigenvalue weighted by Gasteiger charge is 2.19. The van der Waals surface area contributed by atoms with Gasteiger partial charge in [0, 0.05) is 20.0 Å². The van der Waals surface area contributed by atoms with Gasteiger partial charge in [0.25, 0.3) is 5.91 Å². The van der Waals surface area contributed by atoms with Crippen LogP contribution in [0.4, 0.5) is 0 Å². The molecule has 0 atom stereocenters. The van der Waals surface area contributed by atoms with E-state index < -0.39 is 5.97 Å². The van der Waals surface area contributed by atoms with E-state index in [0.29, 0.717) is 24.2 Å². The normalized spacial score (nSPS) is 11.0. The van der Waals surface area contributed by atoms with Crippen molar-refractivity contribution in [3.8, 4) is 10.6 Å². The summed E-state index contributed by atoms with van der Waals surface area (Å²) in [5.41, 5.74) is 2.78. The fourth-order valence-corrected chi connectivity index (χ4v) is 3.74. The van der Waals surface area contributed by atoms with Crippen LogP contribution in [0.1, 0.15) is 41.7 Å². The molecule has 0 aromatic carbocycles. The van der Waals surface area contributed by atoms with Gasteiger partial charge in [-0.1, -0.05) is 12.5 Å². The Morgan fingerprint density at radius 1 is 1.30 bits per heavy atom. The Labute approximate surface area is 161 Å². The van der Waals surface area contributed by atoms with Crippen molar-refractivity contribution in [2.24, 2.45) is 7.05 Å². The van der Waals surface area contributed by atoms with Crippen LogP contribution in [0.5, 0.6) is 0 Å². The molecule has 0 saturated heterocycles. The Hall–Kier alpha value is -2.74. The van der Waals surface area contributed by atoms with Gasteiger partial charge in [0.1, 0.15) is 0 Å². The first-order valence-corrected chi connectivity index (χ1v) is 9.73. The van der Waals surface area contributed by atoms with Gasteiger partial charge in [-0.15, -0.1) is 11.3 Å². The zero-order valence-corrected chi connectivity index (χ0v) is 16.2. The maximum atomic E-state index is 12.8. The fourth-order valence-electron chi connectivity index (χ4n) is 3.05. The number of rotatable bonds is 8. The number of carbonyl (C=O) groups excluding carboxylic acids is 1. The number of amides is 1. The van der Waals surface area contributed by atoms with Crippen LogP contribution in [0.3, 0.4) is 0 Å². The highest BCUT2D eigenvalue weighted by molar-refractivity contribution is 7.13. The minimum absolute atomic E-state index is 0.158. The third-order valence-electron chi connectivity index (χ3n) is 4.34. The number of aryl methyl sites for hydroxylation is 2. The largest absolute Gasteiger partial charge is 0.481 e. The lowest BCUT2D eigenvalue weighted by atomic mass is 10.1. The number of thiophene rings is 1. The van der Waals surface area contributed by atoms with Crippen molar-refractivity contribution in [3.05, 3.63) is 34.8 Å². The zero-order chi connectivity index (χ0) is 19.4. The van der Waals surface area contributed by atoms with Crippen LogP contribution in [0, 0.1) is 6.92 Å². The number of carbonyl (C=O) groups is 2. The maximum Gasteiger partial charge on any atom is 0.303 e. The van der Waals surface area contributed by atoms with Crippen LogP contribution in [0.2, 0.25) is 0 Å². The van der Waals surface area contributed by atoms with Crippen molar-refractivity contribution < 1.29 is 14.7 Å². The number of nitrogens with one attached hydrogen (secondary N) is 1. The molecule has 0 unspecified atom stereocenters. The predicted molar refractivity (Wildman–Crippen MR) is 105 cm³/mol. The number of hydrogen-bond donors (Lipinski definition) is 2. The van der Waals surface area contributed by atoms with E-state index in [0.717, 1.165) is 34.5 Å². The Balaban J connectivity index is 1.80. The number of aromatic nitrogens is 3.